The number of hydrogen-bond acceptors (Lipinski definition) is 5. The van der Waals surface area contributed by atoms with Gasteiger partial charge in [-0.3, -0.25) is 4.98 Å². The normalized spacial score (nSPS) is 10.5. The summed E-state index contributed by atoms with van der Waals surface area (Å²) in [7, 11) is 0. The predicted octanol–water partition coefficient (Wildman–Crippen LogP) is 2.43. The molecular formula is C16H14N4O3. The first-order chi connectivity index (χ1) is 11.2. The van der Waals surface area contributed by atoms with Crippen molar-refractivity contribution in [2.45, 2.75) is 6.92 Å². The molecule has 23 heavy (non-hydrogen) atoms. The highest BCUT2D eigenvalue weighted by Gasteiger charge is 2.21. The van der Waals surface area contributed by atoms with Crippen LogP contribution in [0.5, 0.6) is 5.75 Å². The molecule has 0 saturated heterocycles. The number of aromatic carboxylic acids is 1. The Morgan fingerprint density at radius 3 is 2.65 bits per heavy atom. The monoisotopic (exact) mass is 310 g/mol. The van der Waals surface area contributed by atoms with E-state index in [9.17, 15) is 9.90 Å². The summed E-state index contributed by atoms with van der Waals surface area (Å²) >= 11 is 0. The Hall–Kier alpha value is -3.22. The molecule has 3 rings (SSSR count). The van der Waals surface area contributed by atoms with Crippen LogP contribution >= 0.6 is 0 Å². The zero-order valence-electron chi connectivity index (χ0n) is 12.4. The van der Waals surface area contributed by atoms with Gasteiger partial charge in [-0.05, 0) is 43.3 Å². The average Bonchev–Trinajstić information content (AvgIpc) is 3.02. The summed E-state index contributed by atoms with van der Waals surface area (Å²) in [6.45, 7) is 2.48. The van der Waals surface area contributed by atoms with Crippen molar-refractivity contribution in [1.82, 2.24) is 20.0 Å². The van der Waals surface area contributed by atoms with Crippen LogP contribution in [0.4, 0.5) is 0 Å². The van der Waals surface area contributed by atoms with Gasteiger partial charge in [-0.1, -0.05) is 5.21 Å². The minimum atomic E-state index is -1.14. The molecule has 0 aliphatic rings. The second-order valence-corrected chi connectivity index (χ2v) is 4.67. The van der Waals surface area contributed by atoms with E-state index in [0.29, 0.717) is 23.6 Å². The zero-order chi connectivity index (χ0) is 16.2. The standard InChI is InChI=1S/C16H14N4O3/c1-2-23-13-7-5-12(6-8-13)20-15(11-4-3-9-17-10-11)14(16(21)22)18-19-20/h3-10H,2H2,1H3,(H,21,22). The lowest BCUT2D eigenvalue weighted by atomic mass is 10.1. The summed E-state index contributed by atoms with van der Waals surface area (Å²) in [5.74, 6) is -0.404. The minimum absolute atomic E-state index is 0.119. The number of benzene rings is 1. The van der Waals surface area contributed by atoms with Crippen molar-refractivity contribution in [3.63, 3.8) is 0 Å². The Kier molecular flexibility index (Phi) is 4.01. The number of hydrogen-bond donors (Lipinski definition) is 1. The Bertz CT molecular complexity index is 813. The maximum absolute atomic E-state index is 11.4. The van der Waals surface area contributed by atoms with Gasteiger partial charge in [0.25, 0.3) is 0 Å². The molecule has 3 aromatic rings. The first-order valence-electron chi connectivity index (χ1n) is 7.03. The van der Waals surface area contributed by atoms with Crippen molar-refractivity contribution in [1.29, 1.82) is 0 Å². The summed E-state index contributed by atoms with van der Waals surface area (Å²) in [6.07, 6.45) is 3.20. The van der Waals surface area contributed by atoms with E-state index in [0.717, 1.165) is 5.75 Å². The fraction of sp³-hybridized carbons (Fsp3) is 0.125. The molecule has 0 spiro atoms. The van der Waals surface area contributed by atoms with Crippen LogP contribution in [0, 0.1) is 0 Å². The molecule has 0 bridgehead atoms. The van der Waals surface area contributed by atoms with Gasteiger partial charge in [0.05, 0.1) is 12.3 Å². The van der Waals surface area contributed by atoms with E-state index >= 15 is 0 Å². The van der Waals surface area contributed by atoms with Gasteiger partial charge in [0.15, 0.2) is 5.69 Å². The molecule has 0 aliphatic carbocycles. The van der Waals surface area contributed by atoms with Crippen molar-refractivity contribution in [2.75, 3.05) is 6.61 Å². The number of ether oxygens (including phenoxy) is 1. The smallest absolute Gasteiger partial charge is 0.358 e. The lowest BCUT2D eigenvalue weighted by Crippen LogP contribution is -2.03. The average molecular weight is 310 g/mol. The third kappa shape index (κ3) is 2.89. The van der Waals surface area contributed by atoms with Crippen LogP contribution in [0.15, 0.2) is 48.8 Å². The lowest BCUT2D eigenvalue weighted by Gasteiger charge is -2.08. The van der Waals surface area contributed by atoms with Crippen LogP contribution in [0.25, 0.3) is 16.9 Å². The summed E-state index contributed by atoms with van der Waals surface area (Å²) in [5, 5.41) is 17.1. The molecule has 0 amide bonds. The highest BCUT2D eigenvalue weighted by Crippen LogP contribution is 2.25. The highest BCUT2D eigenvalue weighted by molar-refractivity contribution is 5.92. The van der Waals surface area contributed by atoms with Crippen LogP contribution < -0.4 is 4.74 Å². The Morgan fingerprint density at radius 2 is 2.04 bits per heavy atom. The summed E-state index contributed by atoms with van der Waals surface area (Å²) < 4.78 is 6.89. The molecule has 0 fully saturated rings. The van der Waals surface area contributed by atoms with Crippen LogP contribution in [0.1, 0.15) is 17.4 Å². The Morgan fingerprint density at radius 1 is 1.26 bits per heavy atom. The van der Waals surface area contributed by atoms with E-state index in [1.165, 1.54) is 4.68 Å². The lowest BCUT2D eigenvalue weighted by molar-refractivity contribution is 0.0691. The van der Waals surface area contributed by atoms with Gasteiger partial charge in [-0.2, -0.15) is 0 Å². The topological polar surface area (TPSA) is 90.1 Å². The van der Waals surface area contributed by atoms with E-state index in [2.05, 4.69) is 15.3 Å². The second kappa shape index (κ2) is 6.27. The van der Waals surface area contributed by atoms with Gasteiger partial charge in [0.1, 0.15) is 11.4 Å². The van der Waals surface area contributed by atoms with E-state index in [1.54, 1.807) is 48.8 Å². The van der Waals surface area contributed by atoms with Crippen LogP contribution in [0.2, 0.25) is 0 Å². The van der Waals surface area contributed by atoms with Gasteiger partial charge < -0.3 is 9.84 Å². The van der Waals surface area contributed by atoms with Gasteiger partial charge in [0, 0.05) is 18.0 Å². The molecular weight excluding hydrogens is 296 g/mol. The predicted molar refractivity (Wildman–Crippen MR) is 82.7 cm³/mol. The molecule has 0 unspecified atom stereocenters. The molecule has 116 valence electrons. The van der Waals surface area contributed by atoms with Gasteiger partial charge in [-0.15, -0.1) is 5.10 Å². The van der Waals surface area contributed by atoms with Crippen LogP contribution in [0.3, 0.4) is 0 Å². The Labute approximate surface area is 132 Å². The van der Waals surface area contributed by atoms with Crippen molar-refractivity contribution >= 4 is 5.97 Å². The summed E-state index contributed by atoms with van der Waals surface area (Å²) in [4.78, 5) is 15.5. The van der Waals surface area contributed by atoms with Crippen molar-refractivity contribution in [2.24, 2.45) is 0 Å². The highest BCUT2D eigenvalue weighted by atomic mass is 16.5. The Balaban J connectivity index is 2.11. The van der Waals surface area contributed by atoms with Crippen LogP contribution in [-0.4, -0.2) is 37.7 Å². The van der Waals surface area contributed by atoms with E-state index < -0.39 is 5.97 Å². The molecule has 2 aromatic heterocycles. The molecule has 1 aromatic carbocycles. The largest absolute Gasteiger partial charge is 0.494 e. The molecule has 2 heterocycles. The number of nitrogens with zero attached hydrogens (tertiary/aromatic N) is 4. The molecule has 0 aliphatic heterocycles. The van der Waals surface area contributed by atoms with Crippen molar-refractivity contribution < 1.29 is 14.6 Å². The SMILES string of the molecule is CCOc1ccc(-n2nnc(C(=O)O)c2-c2cccnc2)cc1. The van der Waals surface area contributed by atoms with Gasteiger partial charge >= 0.3 is 5.97 Å². The van der Waals surface area contributed by atoms with Crippen molar-refractivity contribution in [3.8, 4) is 22.7 Å². The molecule has 0 saturated carbocycles. The fourth-order valence-corrected chi connectivity index (χ4v) is 2.22. The molecule has 7 nitrogen and oxygen atoms in total. The number of carboxylic acids is 1. The zero-order valence-corrected chi connectivity index (χ0v) is 12.4. The maximum Gasteiger partial charge on any atom is 0.358 e. The minimum Gasteiger partial charge on any atom is -0.494 e. The maximum atomic E-state index is 11.4. The summed E-state index contributed by atoms with van der Waals surface area (Å²) in [6, 6.07) is 10.7. The van der Waals surface area contributed by atoms with Gasteiger partial charge in [0.2, 0.25) is 0 Å². The van der Waals surface area contributed by atoms with E-state index in [4.69, 9.17) is 4.74 Å². The summed E-state index contributed by atoms with van der Waals surface area (Å²) in [5.41, 5.74) is 1.58. The quantitative estimate of drug-likeness (QED) is 0.778. The molecule has 0 atom stereocenters. The number of pyridine rings is 1. The van der Waals surface area contributed by atoms with Gasteiger partial charge in [-0.25, -0.2) is 9.48 Å². The molecule has 7 heteroatoms. The van der Waals surface area contributed by atoms with Crippen LogP contribution in [-0.2, 0) is 0 Å². The first kappa shape index (κ1) is 14.7. The number of carboxylic acid groups (broad SMARTS) is 1. The third-order valence-corrected chi connectivity index (χ3v) is 3.20. The fourth-order valence-electron chi connectivity index (χ4n) is 2.22. The van der Waals surface area contributed by atoms with Crippen molar-refractivity contribution in [3.05, 3.63) is 54.5 Å². The molecule has 1 N–H and O–H groups in total. The number of aromatic nitrogens is 4. The second-order valence-electron chi connectivity index (χ2n) is 4.67. The molecule has 0 radical (unpaired) electrons. The van der Waals surface area contributed by atoms with E-state index in [1.807, 2.05) is 6.92 Å². The third-order valence-electron chi connectivity index (χ3n) is 3.20. The van der Waals surface area contributed by atoms with E-state index in [-0.39, 0.29) is 5.69 Å². The number of rotatable bonds is 5. The first-order valence-corrected chi connectivity index (χ1v) is 7.03. The number of carbonyl (C=O) groups is 1.